The molecule has 1 heterocycles. The topological polar surface area (TPSA) is 74.7 Å². The molecule has 0 radical (unpaired) electrons. The third-order valence-electron chi connectivity index (χ3n) is 4.20. The summed E-state index contributed by atoms with van der Waals surface area (Å²) in [6, 6.07) is 6.58. The van der Waals surface area contributed by atoms with Gasteiger partial charge in [-0.3, -0.25) is 9.69 Å². The molecule has 0 aliphatic carbocycles. The molecule has 1 aromatic rings. The lowest BCUT2D eigenvalue weighted by atomic mass is 9.87. The van der Waals surface area contributed by atoms with E-state index in [2.05, 4.69) is 4.90 Å². The quantitative estimate of drug-likeness (QED) is 0.898. The number of carbonyl (C=O) groups is 1. The van der Waals surface area contributed by atoms with Crippen molar-refractivity contribution >= 4 is 15.8 Å². The van der Waals surface area contributed by atoms with Crippen LogP contribution in [0, 0.1) is 0 Å². The van der Waals surface area contributed by atoms with Crippen LogP contribution in [0.3, 0.4) is 0 Å². The maximum absolute atomic E-state index is 11.5. The van der Waals surface area contributed by atoms with E-state index in [0.29, 0.717) is 0 Å². The zero-order valence-electron chi connectivity index (χ0n) is 12.4. The zero-order valence-corrected chi connectivity index (χ0v) is 13.2. The lowest BCUT2D eigenvalue weighted by Gasteiger charge is -2.38. The minimum absolute atomic E-state index is 0.00518. The number of carboxylic acids is 1. The second-order valence-electron chi connectivity index (χ2n) is 5.84. The Bertz CT molecular complexity index is 618. The van der Waals surface area contributed by atoms with Gasteiger partial charge in [-0.05, 0) is 50.6 Å². The lowest BCUT2D eigenvalue weighted by Crippen LogP contribution is -2.43. The molecule has 2 rings (SSSR count). The predicted molar refractivity (Wildman–Crippen MR) is 80.0 cm³/mol. The van der Waals surface area contributed by atoms with Crippen molar-refractivity contribution in [1.82, 2.24) is 4.90 Å². The van der Waals surface area contributed by atoms with E-state index in [0.717, 1.165) is 31.5 Å². The van der Waals surface area contributed by atoms with Crippen LogP contribution in [-0.4, -0.2) is 43.7 Å². The van der Waals surface area contributed by atoms with Gasteiger partial charge >= 0.3 is 5.97 Å². The highest BCUT2D eigenvalue weighted by Crippen LogP contribution is 2.35. The summed E-state index contributed by atoms with van der Waals surface area (Å²) in [5.74, 6) is -0.850. The van der Waals surface area contributed by atoms with Crippen LogP contribution in [0.1, 0.15) is 31.7 Å². The molecule has 21 heavy (non-hydrogen) atoms. The number of carboxylic acid groups (broad SMARTS) is 1. The normalized spacial score (nSPS) is 19.3. The number of rotatable bonds is 5. The van der Waals surface area contributed by atoms with Gasteiger partial charge in [0, 0.05) is 6.26 Å². The number of benzene rings is 1. The number of sulfone groups is 1. The van der Waals surface area contributed by atoms with Crippen LogP contribution in [0.25, 0.3) is 0 Å². The number of aliphatic carboxylic acids is 1. The fourth-order valence-electron chi connectivity index (χ4n) is 2.96. The molecule has 0 saturated carbocycles. The van der Waals surface area contributed by atoms with Crippen LogP contribution in [0.2, 0.25) is 0 Å². The molecule has 6 heteroatoms. The fourth-order valence-corrected chi connectivity index (χ4v) is 3.59. The SMILES string of the molecule is CC(CC(=O)O)(c1ccc(S(C)(=O)=O)cc1)N1CCCC1. The molecule has 1 unspecified atom stereocenters. The molecule has 1 atom stereocenters. The second-order valence-corrected chi connectivity index (χ2v) is 7.85. The minimum atomic E-state index is -3.24. The van der Waals surface area contributed by atoms with Gasteiger partial charge in [-0.25, -0.2) is 8.42 Å². The third-order valence-corrected chi connectivity index (χ3v) is 5.33. The minimum Gasteiger partial charge on any atom is -0.481 e. The summed E-state index contributed by atoms with van der Waals surface area (Å²) < 4.78 is 23.0. The van der Waals surface area contributed by atoms with E-state index >= 15 is 0 Å². The average Bonchev–Trinajstić information content (AvgIpc) is 2.91. The van der Waals surface area contributed by atoms with E-state index in [1.807, 2.05) is 6.92 Å². The molecule has 1 fully saturated rings. The van der Waals surface area contributed by atoms with Crippen LogP contribution in [0.15, 0.2) is 29.2 Å². The van der Waals surface area contributed by atoms with Crippen molar-refractivity contribution < 1.29 is 18.3 Å². The molecule has 116 valence electrons. The van der Waals surface area contributed by atoms with Gasteiger partial charge in [-0.2, -0.15) is 0 Å². The highest BCUT2D eigenvalue weighted by atomic mass is 32.2. The van der Waals surface area contributed by atoms with Crippen LogP contribution in [0.4, 0.5) is 0 Å². The molecule has 1 N–H and O–H groups in total. The standard InChI is InChI=1S/C15H21NO4S/c1-15(11-14(17)18,16-9-3-4-10-16)12-5-7-13(8-6-12)21(2,19)20/h5-8H,3-4,9-11H2,1-2H3,(H,17,18). The van der Waals surface area contributed by atoms with Crippen LogP contribution in [-0.2, 0) is 20.2 Å². The second kappa shape index (κ2) is 5.77. The summed E-state index contributed by atoms with van der Waals surface area (Å²) in [7, 11) is -3.24. The largest absolute Gasteiger partial charge is 0.481 e. The number of nitrogens with zero attached hydrogens (tertiary/aromatic N) is 1. The van der Waals surface area contributed by atoms with Crippen molar-refractivity contribution in [2.24, 2.45) is 0 Å². The summed E-state index contributed by atoms with van der Waals surface area (Å²) in [4.78, 5) is 13.7. The first-order valence-electron chi connectivity index (χ1n) is 7.01. The van der Waals surface area contributed by atoms with E-state index in [4.69, 9.17) is 0 Å². The molecule has 1 aliphatic heterocycles. The molecule has 0 amide bonds. The number of hydrogen-bond donors (Lipinski definition) is 1. The van der Waals surface area contributed by atoms with Crippen LogP contribution in [0.5, 0.6) is 0 Å². The fraction of sp³-hybridized carbons (Fsp3) is 0.533. The van der Waals surface area contributed by atoms with Crippen molar-refractivity contribution in [2.75, 3.05) is 19.3 Å². The van der Waals surface area contributed by atoms with Gasteiger partial charge in [-0.15, -0.1) is 0 Å². The van der Waals surface area contributed by atoms with Crippen molar-refractivity contribution in [2.45, 2.75) is 36.6 Å². The van der Waals surface area contributed by atoms with E-state index in [9.17, 15) is 18.3 Å². The van der Waals surface area contributed by atoms with E-state index in [1.165, 1.54) is 6.26 Å². The maximum Gasteiger partial charge on any atom is 0.305 e. The summed E-state index contributed by atoms with van der Waals surface area (Å²) in [5.41, 5.74) is 0.248. The van der Waals surface area contributed by atoms with Crippen LogP contribution < -0.4 is 0 Å². The number of likely N-dealkylation sites (tertiary alicyclic amines) is 1. The van der Waals surface area contributed by atoms with Gasteiger partial charge in [0.25, 0.3) is 0 Å². The first-order valence-corrected chi connectivity index (χ1v) is 8.90. The smallest absolute Gasteiger partial charge is 0.305 e. The van der Waals surface area contributed by atoms with Gasteiger partial charge in [-0.1, -0.05) is 12.1 Å². The Kier molecular flexibility index (Phi) is 4.39. The van der Waals surface area contributed by atoms with Gasteiger partial charge in [0.1, 0.15) is 0 Å². The predicted octanol–water partition coefficient (Wildman–Crippen LogP) is 1.88. The van der Waals surface area contributed by atoms with Gasteiger partial charge in [0.05, 0.1) is 16.9 Å². The molecule has 1 aromatic carbocycles. The first kappa shape index (κ1) is 16.0. The molecule has 0 aromatic heterocycles. The Balaban J connectivity index is 2.39. The van der Waals surface area contributed by atoms with Crippen molar-refractivity contribution in [3.8, 4) is 0 Å². The summed E-state index contributed by atoms with van der Waals surface area (Å²) in [6.45, 7) is 3.66. The third kappa shape index (κ3) is 3.44. The molecule has 1 aliphatic rings. The summed E-state index contributed by atoms with van der Waals surface area (Å²) in [6.07, 6.45) is 3.30. The van der Waals surface area contributed by atoms with Gasteiger partial charge < -0.3 is 5.11 Å². The molecule has 5 nitrogen and oxygen atoms in total. The summed E-state index contributed by atoms with van der Waals surface area (Å²) >= 11 is 0. The number of hydrogen-bond acceptors (Lipinski definition) is 4. The first-order chi connectivity index (χ1) is 9.73. The molecular weight excluding hydrogens is 290 g/mol. The Morgan fingerprint density at radius 1 is 1.24 bits per heavy atom. The average molecular weight is 311 g/mol. The van der Waals surface area contributed by atoms with Crippen LogP contribution >= 0.6 is 0 Å². The van der Waals surface area contributed by atoms with E-state index < -0.39 is 21.3 Å². The monoisotopic (exact) mass is 311 g/mol. The Morgan fingerprint density at radius 2 is 1.76 bits per heavy atom. The Labute approximate surface area is 125 Å². The van der Waals surface area contributed by atoms with E-state index in [1.54, 1.807) is 24.3 Å². The van der Waals surface area contributed by atoms with Gasteiger partial charge in [0.15, 0.2) is 9.84 Å². The lowest BCUT2D eigenvalue weighted by molar-refractivity contribution is -0.140. The Morgan fingerprint density at radius 3 is 2.19 bits per heavy atom. The van der Waals surface area contributed by atoms with E-state index in [-0.39, 0.29) is 11.3 Å². The molecule has 0 bridgehead atoms. The highest BCUT2D eigenvalue weighted by Gasteiger charge is 2.37. The van der Waals surface area contributed by atoms with Gasteiger partial charge in [0.2, 0.25) is 0 Å². The highest BCUT2D eigenvalue weighted by molar-refractivity contribution is 7.90. The zero-order chi connectivity index (χ0) is 15.7. The molecular formula is C15H21NO4S. The van der Waals surface area contributed by atoms with Crippen molar-refractivity contribution in [1.29, 1.82) is 0 Å². The maximum atomic E-state index is 11.5. The Hall–Kier alpha value is -1.40. The molecule has 0 spiro atoms. The van der Waals surface area contributed by atoms with Crippen molar-refractivity contribution in [3.63, 3.8) is 0 Å². The van der Waals surface area contributed by atoms with Crippen molar-refractivity contribution in [3.05, 3.63) is 29.8 Å². The summed E-state index contributed by atoms with van der Waals surface area (Å²) in [5, 5.41) is 9.23. The molecule has 1 saturated heterocycles.